The highest BCUT2D eigenvalue weighted by atomic mass is 16.5. The van der Waals surface area contributed by atoms with Crippen molar-refractivity contribution in [2.75, 3.05) is 37.0 Å². The van der Waals surface area contributed by atoms with Gasteiger partial charge in [-0.15, -0.1) is 0 Å². The number of nitrogens with zero attached hydrogens (tertiary/aromatic N) is 2. The Hall–Kier alpha value is -1.53. The van der Waals surface area contributed by atoms with E-state index in [-0.39, 0.29) is 18.8 Å². The van der Waals surface area contributed by atoms with E-state index in [4.69, 9.17) is 15.2 Å². The molecule has 116 valence electrons. The second-order valence-electron chi connectivity index (χ2n) is 5.96. The molecule has 2 fully saturated rings. The molecule has 3 N–H and O–H groups in total. The highest BCUT2D eigenvalue weighted by molar-refractivity contribution is 5.55. The maximum absolute atomic E-state index is 9.28. The number of rotatable bonds is 5. The van der Waals surface area contributed by atoms with Gasteiger partial charge in [0.25, 0.3) is 0 Å². The molecule has 3 rings (SSSR count). The summed E-state index contributed by atoms with van der Waals surface area (Å²) in [6, 6.07) is 3.94. The Morgan fingerprint density at radius 1 is 1.48 bits per heavy atom. The Bertz CT molecular complexity index is 493. The van der Waals surface area contributed by atoms with Gasteiger partial charge in [-0.1, -0.05) is 0 Å². The van der Waals surface area contributed by atoms with Crippen molar-refractivity contribution in [3.63, 3.8) is 0 Å². The number of morpholine rings is 1. The lowest BCUT2D eigenvalue weighted by Gasteiger charge is -2.38. The smallest absolute Gasteiger partial charge is 0.239 e. The number of pyridine rings is 1. The van der Waals surface area contributed by atoms with Gasteiger partial charge >= 0.3 is 0 Å². The highest BCUT2D eigenvalue weighted by Gasteiger charge is 2.27. The molecule has 1 saturated heterocycles. The van der Waals surface area contributed by atoms with Crippen LogP contribution in [0.5, 0.6) is 5.88 Å². The van der Waals surface area contributed by atoms with Crippen molar-refractivity contribution in [3.05, 3.63) is 12.1 Å². The van der Waals surface area contributed by atoms with Gasteiger partial charge in [0.15, 0.2) is 0 Å². The fraction of sp³-hybridized carbons (Fsp3) is 0.667. The van der Waals surface area contributed by atoms with Gasteiger partial charge in [0.1, 0.15) is 5.82 Å². The molecule has 1 aromatic heterocycles. The molecular weight excluding hydrogens is 270 g/mol. The van der Waals surface area contributed by atoms with Gasteiger partial charge in [-0.05, 0) is 37.8 Å². The topological polar surface area (TPSA) is 80.8 Å². The molecule has 0 radical (unpaired) electrons. The number of ether oxygens (including phenoxy) is 2. The Balaban J connectivity index is 1.74. The minimum atomic E-state index is -0.170. The fourth-order valence-corrected chi connectivity index (χ4v) is 2.45. The van der Waals surface area contributed by atoms with Crippen LogP contribution in [0.2, 0.25) is 0 Å². The third kappa shape index (κ3) is 3.39. The molecule has 0 spiro atoms. The van der Waals surface area contributed by atoms with Crippen LogP contribution in [-0.4, -0.2) is 48.6 Å². The number of aromatic nitrogens is 1. The average molecular weight is 293 g/mol. The van der Waals surface area contributed by atoms with Gasteiger partial charge in [0.2, 0.25) is 5.88 Å². The quantitative estimate of drug-likeness (QED) is 0.844. The number of nitrogens with two attached hydrogens (primary N) is 1. The lowest BCUT2D eigenvalue weighted by Crippen LogP contribution is -2.50. The van der Waals surface area contributed by atoms with E-state index in [1.807, 2.05) is 12.1 Å². The van der Waals surface area contributed by atoms with E-state index in [2.05, 4.69) is 16.8 Å². The van der Waals surface area contributed by atoms with E-state index in [0.717, 1.165) is 5.82 Å². The van der Waals surface area contributed by atoms with Gasteiger partial charge in [-0.2, -0.15) is 4.98 Å². The molecule has 1 aromatic rings. The minimum Gasteiger partial charge on any atom is -0.476 e. The van der Waals surface area contributed by atoms with E-state index in [0.29, 0.717) is 37.2 Å². The molecule has 2 unspecified atom stereocenters. The summed E-state index contributed by atoms with van der Waals surface area (Å²) in [6.07, 6.45) is 2.30. The van der Waals surface area contributed by atoms with Gasteiger partial charge in [0.05, 0.1) is 37.7 Å². The third-order valence-corrected chi connectivity index (χ3v) is 4.03. The second kappa shape index (κ2) is 6.07. The Kier molecular flexibility index (Phi) is 4.17. The Morgan fingerprint density at radius 2 is 2.29 bits per heavy atom. The van der Waals surface area contributed by atoms with Gasteiger partial charge in [0, 0.05) is 6.54 Å². The first kappa shape index (κ1) is 14.4. The normalized spacial score (nSPS) is 25.9. The summed E-state index contributed by atoms with van der Waals surface area (Å²) in [4.78, 5) is 6.69. The Morgan fingerprint density at radius 3 is 3.00 bits per heavy atom. The summed E-state index contributed by atoms with van der Waals surface area (Å²) in [5.41, 5.74) is 6.51. The van der Waals surface area contributed by atoms with Gasteiger partial charge in [-0.3, -0.25) is 0 Å². The van der Waals surface area contributed by atoms with E-state index < -0.39 is 0 Å². The highest BCUT2D eigenvalue weighted by Crippen LogP contribution is 2.31. The molecule has 0 amide bonds. The first-order valence-corrected chi connectivity index (χ1v) is 7.55. The molecule has 21 heavy (non-hydrogen) atoms. The molecule has 0 aromatic carbocycles. The number of anilines is 2. The molecule has 6 nitrogen and oxygen atoms in total. The predicted molar refractivity (Wildman–Crippen MR) is 80.5 cm³/mol. The van der Waals surface area contributed by atoms with Crippen LogP contribution in [-0.2, 0) is 4.74 Å². The largest absolute Gasteiger partial charge is 0.476 e. The van der Waals surface area contributed by atoms with E-state index >= 15 is 0 Å². The monoisotopic (exact) mass is 293 g/mol. The van der Waals surface area contributed by atoms with Crippen molar-refractivity contribution in [1.82, 2.24) is 4.98 Å². The van der Waals surface area contributed by atoms with Gasteiger partial charge in [-0.25, -0.2) is 0 Å². The number of nitrogen functional groups attached to an aromatic ring is 1. The van der Waals surface area contributed by atoms with Crippen LogP contribution in [0.3, 0.4) is 0 Å². The van der Waals surface area contributed by atoms with Crippen LogP contribution in [0, 0.1) is 5.92 Å². The first-order valence-electron chi connectivity index (χ1n) is 7.55. The Labute approximate surface area is 124 Å². The van der Waals surface area contributed by atoms with Crippen molar-refractivity contribution in [1.29, 1.82) is 0 Å². The second-order valence-corrected chi connectivity index (χ2v) is 5.96. The summed E-state index contributed by atoms with van der Waals surface area (Å²) in [6.45, 7) is 3.99. The lowest BCUT2D eigenvalue weighted by atomic mass is 10.2. The summed E-state index contributed by atoms with van der Waals surface area (Å²) in [5, 5.41) is 9.28. The third-order valence-electron chi connectivity index (χ3n) is 4.03. The minimum absolute atomic E-state index is 0.0171. The standard InChI is InChI=1S/C15H23N3O3/c1-10-8-20-12(7-19)6-18(10)14-5-4-13(16)15(17-14)21-9-11-2-3-11/h4-5,10-12,19H,2-3,6-9,16H2,1H3. The molecule has 2 aliphatic rings. The van der Waals surface area contributed by atoms with Crippen LogP contribution in [0.4, 0.5) is 11.5 Å². The first-order chi connectivity index (χ1) is 10.2. The molecule has 1 saturated carbocycles. The van der Waals surface area contributed by atoms with Crippen LogP contribution >= 0.6 is 0 Å². The molecule has 1 aliphatic carbocycles. The van der Waals surface area contributed by atoms with Gasteiger partial charge < -0.3 is 25.2 Å². The fourth-order valence-electron chi connectivity index (χ4n) is 2.45. The number of aliphatic hydroxyl groups excluding tert-OH is 1. The summed E-state index contributed by atoms with van der Waals surface area (Å²) in [7, 11) is 0. The number of hydrogen-bond donors (Lipinski definition) is 2. The van der Waals surface area contributed by atoms with E-state index in [1.54, 1.807) is 0 Å². The van der Waals surface area contributed by atoms with Crippen molar-refractivity contribution < 1.29 is 14.6 Å². The lowest BCUT2D eigenvalue weighted by molar-refractivity contribution is -0.0106. The zero-order valence-corrected chi connectivity index (χ0v) is 12.4. The predicted octanol–water partition coefficient (Wildman–Crippen LogP) is 1.04. The maximum atomic E-state index is 9.28. The zero-order chi connectivity index (χ0) is 14.8. The molecular formula is C15H23N3O3. The van der Waals surface area contributed by atoms with Crippen LogP contribution in [0.1, 0.15) is 19.8 Å². The van der Waals surface area contributed by atoms with Crippen LogP contribution in [0.15, 0.2) is 12.1 Å². The summed E-state index contributed by atoms with van der Waals surface area (Å²) >= 11 is 0. The number of aliphatic hydroxyl groups is 1. The number of hydrogen-bond acceptors (Lipinski definition) is 6. The summed E-state index contributed by atoms with van der Waals surface area (Å²) < 4.78 is 11.3. The van der Waals surface area contributed by atoms with Crippen molar-refractivity contribution in [2.24, 2.45) is 5.92 Å². The van der Waals surface area contributed by atoms with Crippen molar-refractivity contribution in [2.45, 2.75) is 31.9 Å². The average Bonchev–Trinajstić information content (AvgIpc) is 3.31. The van der Waals surface area contributed by atoms with Crippen molar-refractivity contribution in [3.8, 4) is 5.88 Å². The van der Waals surface area contributed by atoms with Crippen LogP contribution < -0.4 is 15.4 Å². The molecule has 2 heterocycles. The summed E-state index contributed by atoms with van der Waals surface area (Å²) in [5.74, 6) is 2.00. The molecule has 1 aliphatic heterocycles. The molecule has 6 heteroatoms. The molecule has 0 bridgehead atoms. The van der Waals surface area contributed by atoms with Crippen molar-refractivity contribution >= 4 is 11.5 Å². The van der Waals surface area contributed by atoms with E-state index in [9.17, 15) is 5.11 Å². The SMILES string of the molecule is CC1COC(CO)CN1c1ccc(N)c(OCC2CC2)n1. The maximum Gasteiger partial charge on any atom is 0.239 e. The zero-order valence-electron chi connectivity index (χ0n) is 12.4. The van der Waals surface area contributed by atoms with Crippen LogP contribution in [0.25, 0.3) is 0 Å². The molecule has 2 atom stereocenters. The van der Waals surface area contributed by atoms with E-state index in [1.165, 1.54) is 12.8 Å².